The molecule has 0 unspecified atom stereocenters. The van der Waals surface area contributed by atoms with Gasteiger partial charge in [-0.25, -0.2) is 13.6 Å². The number of amides is 2. The van der Waals surface area contributed by atoms with Crippen molar-refractivity contribution in [3.05, 3.63) is 65.7 Å². The molecule has 1 atom stereocenters. The van der Waals surface area contributed by atoms with Crippen molar-refractivity contribution >= 4 is 17.7 Å². The van der Waals surface area contributed by atoms with Gasteiger partial charge in [0.25, 0.3) is 5.91 Å². The van der Waals surface area contributed by atoms with E-state index in [0.29, 0.717) is 30.6 Å². The molecule has 136 valence electrons. The molecule has 0 spiro atoms. The van der Waals surface area contributed by atoms with Gasteiger partial charge in [0.2, 0.25) is 0 Å². The first-order chi connectivity index (χ1) is 12.5. The number of ether oxygens (including phenoxy) is 1. The Balaban J connectivity index is 1.56. The summed E-state index contributed by atoms with van der Waals surface area (Å²) in [5.41, 5.74) is 0.814. The first kappa shape index (κ1) is 17.8. The largest absolute Gasteiger partial charge is 0.444 e. The fourth-order valence-electron chi connectivity index (χ4n) is 2.83. The number of piperidine rings is 1. The van der Waals surface area contributed by atoms with Crippen molar-refractivity contribution < 1.29 is 23.1 Å². The molecule has 1 fully saturated rings. The molecule has 26 heavy (non-hydrogen) atoms. The predicted molar refractivity (Wildman–Crippen MR) is 91.8 cm³/mol. The van der Waals surface area contributed by atoms with Crippen LogP contribution < -0.4 is 5.32 Å². The van der Waals surface area contributed by atoms with E-state index in [-0.39, 0.29) is 12.5 Å². The van der Waals surface area contributed by atoms with E-state index in [0.717, 1.165) is 0 Å². The van der Waals surface area contributed by atoms with Crippen LogP contribution in [-0.2, 0) is 4.74 Å². The van der Waals surface area contributed by atoms with Gasteiger partial charge in [-0.1, -0.05) is 0 Å². The van der Waals surface area contributed by atoms with Crippen molar-refractivity contribution in [2.75, 3.05) is 18.4 Å². The lowest BCUT2D eigenvalue weighted by atomic mass is 10.1. The molecule has 0 radical (unpaired) electrons. The van der Waals surface area contributed by atoms with Crippen LogP contribution in [-0.4, -0.2) is 36.1 Å². The van der Waals surface area contributed by atoms with Gasteiger partial charge in [0.15, 0.2) is 0 Å². The summed E-state index contributed by atoms with van der Waals surface area (Å²) in [7, 11) is 0. The molecule has 0 aliphatic carbocycles. The van der Waals surface area contributed by atoms with Crippen molar-refractivity contribution in [3.8, 4) is 0 Å². The molecule has 0 saturated carbocycles. The lowest BCUT2D eigenvalue weighted by molar-refractivity contribution is 0.0387. The van der Waals surface area contributed by atoms with Crippen LogP contribution in [0.4, 0.5) is 19.3 Å². The Morgan fingerprint density at radius 3 is 2.27 bits per heavy atom. The third-order valence-corrected chi connectivity index (χ3v) is 4.12. The Bertz CT molecular complexity index is 778. The highest BCUT2D eigenvalue weighted by Gasteiger charge is 2.27. The quantitative estimate of drug-likeness (QED) is 0.905. The van der Waals surface area contributed by atoms with Gasteiger partial charge in [-0.2, -0.15) is 0 Å². The molecule has 5 nitrogen and oxygen atoms in total. The van der Waals surface area contributed by atoms with Gasteiger partial charge in [0, 0.05) is 17.8 Å². The highest BCUT2D eigenvalue weighted by molar-refractivity contribution is 5.94. The lowest BCUT2D eigenvalue weighted by Gasteiger charge is -2.32. The number of rotatable bonds is 3. The fraction of sp³-hybridized carbons (Fsp3) is 0.263. The molecule has 3 rings (SSSR count). The van der Waals surface area contributed by atoms with Gasteiger partial charge in [0.1, 0.15) is 17.7 Å². The number of nitrogens with zero attached hydrogens (tertiary/aromatic N) is 1. The number of hydrogen-bond donors (Lipinski definition) is 1. The summed E-state index contributed by atoms with van der Waals surface area (Å²) < 4.78 is 31.2. The summed E-state index contributed by atoms with van der Waals surface area (Å²) in [5, 5.41) is 2.53. The Morgan fingerprint density at radius 1 is 1.00 bits per heavy atom. The van der Waals surface area contributed by atoms with Crippen LogP contribution in [0, 0.1) is 11.6 Å². The third-order valence-electron chi connectivity index (χ3n) is 4.12. The zero-order chi connectivity index (χ0) is 18.5. The summed E-state index contributed by atoms with van der Waals surface area (Å²) in [6.07, 6.45) is 0.247. The van der Waals surface area contributed by atoms with Gasteiger partial charge in [-0.3, -0.25) is 10.1 Å². The zero-order valence-corrected chi connectivity index (χ0v) is 14.0. The molecule has 2 aromatic carbocycles. The van der Waals surface area contributed by atoms with E-state index in [9.17, 15) is 18.4 Å². The normalized spacial score (nSPS) is 16.8. The Labute approximate surface area is 149 Å². The van der Waals surface area contributed by atoms with Crippen LogP contribution in [0.1, 0.15) is 23.2 Å². The van der Waals surface area contributed by atoms with Crippen LogP contribution in [0.3, 0.4) is 0 Å². The molecule has 2 amide bonds. The number of hydrogen-bond acceptors (Lipinski definition) is 3. The molecule has 0 aromatic heterocycles. The lowest BCUT2D eigenvalue weighted by Crippen LogP contribution is -2.44. The zero-order valence-electron chi connectivity index (χ0n) is 14.0. The van der Waals surface area contributed by atoms with Crippen LogP contribution in [0.2, 0.25) is 0 Å². The maximum absolute atomic E-state index is 13.0. The number of benzene rings is 2. The number of likely N-dealkylation sites (tertiary alicyclic amines) is 1. The minimum Gasteiger partial charge on any atom is -0.444 e. The minimum atomic E-state index is -0.655. The molecular weight excluding hydrogens is 342 g/mol. The first-order valence-electron chi connectivity index (χ1n) is 8.29. The average molecular weight is 360 g/mol. The minimum absolute atomic E-state index is 0.225. The molecule has 7 heteroatoms. The van der Waals surface area contributed by atoms with Gasteiger partial charge in [0.05, 0.1) is 6.54 Å². The number of carbonyl (C=O) groups is 2. The van der Waals surface area contributed by atoms with E-state index in [1.54, 1.807) is 4.90 Å². The van der Waals surface area contributed by atoms with Crippen LogP contribution in [0.5, 0.6) is 0 Å². The van der Waals surface area contributed by atoms with E-state index in [4.69, 9.17) is 4.74 Å². The predicted octanol–water partition coefficient (Wildman–Crippen LogP) is 3.82. The number of halogens is 2. The van der Waals surface area contributed by atoms with Crippen molar-refractivity contribution in [3.63, 3.8) is 0 Å². The Kier molecular flexibility index (Phi) is 5.46. The van der Waals surface area contributed by atoms with E-state index >= 15 is 0 Å². The van der Waals surface area contributed by atoms with E-state index in [2.05, 4.69) is 5.32 Å². The number of nitrogens with one attached hydrogen (secondary N) is 1. The SMILES string of the molecule is O=C(Nc1ccc(F)cc1)O[C@H]1CCCN(C(=O)c2ccc(F)cc2)C1. The maximum atomic E-state index is 13.0. The maximum Gasteiger partial charge on any atom is 0.411 e. The fourth-order valence-corrected chi connectivity index (χ4v) is 2.83. The molecular formula is C19H18F2N2O3. The van der Waals surface area contributed by atoms with Crippen LogP contribution in [0.25, 0.3) is 0 Å². The van der Waals surface area contributed by atoms with Crippen molar-refractivity contribution in [2.45, 2.75) is 18.9 Å². The monoisotopic (exact) mass is 360 g/mol. The second kappa shape index (κ2) is 7.95. The van der Waals surface area contributed by atoms with Crippen LogP contribution in [0.15, 0.2) is 48.5 Å². The molecule has 1 saturated heterocycles. The first-order valence-corrected chi connectivity index (χ1v) is 8.29. The van der Waals surface area contributed by atoms with Gasteiger partial charge in [-0.15, -0.1) is 0 Å². The number of anilines is 1. The van der Waals surface area contributed by atoms with Crippen LogP contribution >= 0.6 is 0 Å². The molecule has 1 heterocycles. The Morgan fingerprint density at radius 2 is 1.62 bits per heavy atom. The molecule has 1 N–H and O–H groups in total. The molecule has 2 aromatic rings. The van der Waals surface area contributed by atoms with Gasteiger partial charge >= 0.3 is 6.09 Å². The van der Waals surface area contributed by atoms with E-state index < -0.39 is 23.8 Å². The summed E-state index contributed by atoms with van der Waals surface area (Å²) in [5.74, 6) is -1.03. The van der Waals surface area contributed by atoms with Crippen molar-refractivity contribution in [1.29, 1.82) is 0 Å². The van der Waals surface area contributed by atoms with Gasteiger partial charge < -0.3 is 9.64 Å². The molecule has 1 aliphatic rings. The van der Waals surface area contributed by atoms with E-state index in [1.807, 2.05) is 0 Å². The van der Waals surface area contributed by atoms with Gasteiger partial charge in [-0.05, 0) is 61.4 Å². The topological polar surface area (TPSA) is 58.6 Å². The Hall–Kier alpha value is -2.96. The van der Waals surface area contributed by atoms with E-state index in [1.165, 1.54) is 48.5 Å². The summed E-state index contributed by atoms with van der Waals surface area (Å²) in [6, 6.07) is 10.7. The third kappa shape index (κ3) is 4.56. The second-order valence-electron chi connectivity index (χ2n) is 6.06. The standard InChI is InChI=1S/C19H18F2N2O3/c20-14-5-3-13(4-6-14)18(24)23-11-1-2-17(12-23)26-19(25)22-16-9-7-15(21)8-10-16/h3-10,17H,1-2,11-12H2,(H,22,25)/t17-/m0/s1. The molecule has 1 aliphatic heterocycles. The molecule has 0 bridgehead atoms. The van der Waals surface area contributed by atoms with Crippen molar-refractivity contribution in [1.82, 2.24) is 4.90 Å². The second-order valence-corrected chi connectivity index (χ2v) is 6.06. The highest BCUT2D eigenvalue weighted by Crippen LogP contribution is 2.17. The average Bonchev–Trinajstić information content (AvgIpc) is 2.64. The number of carbonyl (C=O) groups excluding carboxylic acids is 2. The van der Waals surface area contributed by atoms with Crippen molar-refractivity contribution in [2.24, 2.45) is 0 Å². The highest BCUT2D eigenvalue weighted by atomic mass is 19.1. The summed E-state index contributed by atoms with van der Waals surface area (Å²) in [4.78, 5) is 26.0. The smallest absolute Gasteiger partial charge is 0.411 e. The summed E-state index contributed by atoms with van der Waals surface area (Å²) >= 11 is 0. The summed E-state index contributed by atoms with van der Waals surface area (Å²) in [6.45, 7) is 0.822.